The van der Waals surface area contributed by atoms with Crippen molar-refractivity contribution >= 4 is 11.8 Å². The predicted octanol–water partition coefficient (Wildman–Crippen LogP) is 3.75. The molecule has 2 nitrogen and oxygen atoms in total. The van der Waals surface area contributed by atoms with Gasteiger partial charge in [0.15, 0.2) is 0 Å². The zero-order valence-corrected chi connectivity index (χ0v) is 7.90. The van der Waals surface area contributed by atoms with Crippen molar-refractivity contribution in [3.8, 4) is 0 Å². The minimum Gasteiger partial charge on any atom is -0.145 e. The second-order valence-electron chi connectivity index (χ2n) is 3.25. The quantitative estimate of drug-likeness (QED) is 0.643. The van der Waals surface area contributed by atoms with Gasteiger partial charge in [0.1, 0.15) is 5.69 Å². The van der Waals surface area contributed by atoms with Crippen molar-refractivity contribution in [3.63, 3.8) is 0 Å². The van der Waals surface area contributed by atoms with Crippen LogP contribution in [0.3, 0.4) is 0 Å². The van der Waals surface area contributed by atoms with Crippen LogP contribution in [-0.2, 0) is 0 Å². The fraction of sp³-hybridized carbons (Fsp3) is 0.273. The Balaban J connectivity index is 2.93. The molecular formula is C11H13NO. The first-order chi connectivity index (χ1) is 6.24. The van der Waals surface area contributed by atoms with Crippen LogP contribution in [0.1, 0.15) is 19.4 Å². The van der Waals surface area contributed by atoms with Gasteiger partial charge in [-0.1, -0.05) is 44.2 Å². The molecule has 0 bridgehead atoms. The second kappa shape index (κ2) is 4.55. The summed E-state index contributed by atoms with van der Waals surface area (Å²) in [6.07, 6.45) is 3.98. The van der Waals surface area contributed by atoms with Crippen LogP contribution in [0.25, 0.3) is 6.08 Å². The molecule has 0 radical (unpaired) electrons. The van der Waals surface area contributed by atoms with Gasteiger partial charge in [-0.05, 0) is 17.2 Å². The summed E-state index contributed by atoms with van der Waals surface area (Å²) >= 11 is 0. The summed E-state index contributed by atoms with van der Waals surface area (Å²) < 4.78 is 0. The third kappa shape index (κ3) is 2.82. The van der Waals surface area contributed by atoms with Gasteiger partial charge >= 0.3 is 0 Å². The summed E-state index contributed by atoms with van der Waals surface area (Å²) in [5.41, 5.74) is 1.38. The number of rotatable bonds is 3. The Labute approximate surface area is 78.3 Å². The predicted molar refractivity (Wildman–Crippen MR) is 55.8 cm³/mol. The van der Waals surface area contributed by atoms with Gasteiger partial charge in [0.2, 0.25) is 0 Å². The zero-order chi connectivity index (χ0) is 9.68. The molecule has 0 saturated heterocycles. The van der Waals surface area contributed by atoms with Gasteiger partial charge in [-0.2, -0.15) is 0 Å². The molecule has 0 unspecified atom stereocenters. The maximum atomic E-state index is 10.4. The first-order valence-corrected chi connectivity index (χ1v) is 4.34. The van der Waals surface area contributed by atoms with E-state index in [-0.39, 0.29) is 0 Å². The number of hydrogen-bond acceptors (Lipinski definition) is 2. The molecule has 0 heterocycles. The number of benzene rings is 1. The van der Waals surface area contributed by atoms with E-state index >= 15 is 0 Å². The molecule has 0 fully saturated rings. The van der Waals surface area contributed by atoms with Crippen LogP contribution in [0, 0.1) is 10.8 Å². The summed E-state index contributed by atoms with van der Waals surface area (Å²) in [5.74, 6) is 0.486. The van der Waals surface area contributed by atoms with E-state index in [2.05, 4.69) is 19.0 Å². The van der Waals surface area contributed by atoms with Crippen LogP contribution < -0.4 is 0 Å². The minimum absolute atomic E-state index is 0.486. The van der Waals surface area contributed by atoms with E-state index in [1.165, 1.54) is 0 Å². The lowest BCUT2D eigenvalue weighted by molar-refractivity contribution is 0.836. The molecule has 13 heavy (non-hydrogen) atoms. The molecular weight excluding hydrogens is 162 g/mol. The van der Waals surface area contributed by atoms with Crippen molar-refractivity contribution in [1.29, 1.82) is 0 Å². The lowest BCUT2D eigenvalue weighted by Crippen LogP contribution is -1.78. The monoisotopic (exact) mass is 175 g/mol. The van der Waals surface area contributed by atoms with Crippen LogP contribution in [0.2, 0.25) is 0 Å². The number of hydrogen-bond donors (Lipinski definition) is 0. The summed E-state index contributed by atoms with van der Waals surface area (Å²) in [6, 6.07) is 7.31. The number of nitroso groups, excluding NO2 is 1. The largest absolute Gasteiger partial charge is 0.145 e. The average Bonchev–Trinajstić information content (AvgIpc) is 2.15. The zero-order valence-electron chi connectivity index (χ0n) is 7.90. The normalized spacial score (nSPS) is 11.0. The Morgan fingerprint density at radius 1 is 1.31 bits per heavy atom. The van der Waals surface area contributed by atoms with E-state index in [4.69, 9.17) is 0 Å². The number of nitrogens with zero attached hydrogens (tertiary/aromatic N) is 1. The first kappa shape index (κ1) is 9.65. The third-order valence-electron chi connectivity index (χ3n) is 1.70. The van der Waals surface area contributed by atoms with Crippen molar-refractivity contribution < 1.29 is 0 Å². The van der Waals surface area contributed by atoms with Crippen LogP contribution in [0.4, 0.5) is 5.69 Å². The number of allylic oxidation sites excluding steroid dienone is 1. The fourth-order valence-electron chi connectivity index (χ4n) is 1.01. The second-order valence-corrected chi connectivity index (χ2v) is 3.25. The highest BCUT2D eigenvalue weighted by Crippen LogP contribution is 2.19. The van der Waals surface area contributed by atoms with E-state index in [1.54, 1.807) is 6.07 Å². The summed E-state index contributed by atoms with van der Waals surface area (Å²) in [4.78, 5) is 10.4. The van der Waals surface area contributed by atoms with Gasteiger partial charge in [-0.15, -0.1) is 4.91 Å². The van der Waals surface area contributed by atoms with Crippen LogP contribution >= 0.6 is 0 Å². The molecule has 1 aromatic rings. The highest BCUT2D eigenvalue weighted by atomic mass is 16.3. The lowest BCUT2D eigenvalue weighted by atomic mass is 10.1. The molecule has 2 heteroatoms. The van der Waals surface area contributed by atoms with E-state index in [1.807, 2.05) is 30.4 Å². The van der Waals surface area contributed by atoms with Crippen molar-refractivity contribution in [2.75, 3.05) is 0 Å². The lowest BCUT2D eigenvalue weighted by Gasteiger charge is -1.97. The highest BCUT2D eigenvalue weighted by Gasteiger charge is 1.96. The molecule has 0 spiro atoms. The van der Waals surface area contributed by atoms with E-state index < -0.39 is 0 Å². The van der Waals surface area contributed by atoms with Gasteiger partial charge in [0.05, 0.1) is 0 Å². The Morgan fingerprint density at radius 2 is 2.00 bits per heavy atom. The minimum atomic E-state index is 0.486. The molecule has 0 aliphatic rings. The molecule has 0 amide bonds. The summed E-state index contributed by atoms with van der Waals surface area (Å²) in [7, 11) is 0. The molecule has 1 aromatic carbocycles. The molecule has 1 rings (SSSR count). The fourth-order valence-corrected chi connectivity index (χ4v) is 1.01. The first-order valence-electron chi connectivity index (χ1n) is 4.34. The molecule has 0 atom stereocenters. The molecule has 0 N–H and O–H groups in total. The van der Waals surface area contributed by atoms with Gasteiger partial charge in [-0.25, -0.2) is 0 Å². The van der Waals surface area contributed by atoms with Crippen LogP contribution in [-0.4, -0.2) is 0 Å². The average molecular weight is 175 g/mol. The van der Waals surface area contributed by atoms with Crippen molar-refractivity contribution in [2.24, 2.45) is 11.1 Å². The molecule has 0 aliphatic heterocycles. The molecule has 0 aromatic heterocycles. The Kier molecular flexibility index (Phi) is 3.38. The Hall–Kier alpha value is -1.44. The highest BCUT2D eigenvalue weighted by molar-refractivity contribution is 5.63. The van der Waals surface area contributed by atoms with Crippen molar-refractivity contribution in [2.45, 2.75) is 13.8 Å². The Morgan fingerprint density at radius 3 is 2.62 bits per heavy atom. The SMILES string of the molecule is CC(C)/C=C\c1ccccc1N=O. The van der Waals surface area contributed by atoms with Crippen LogP contribution in [0.15, 0.2) is 35.5 Å². The van der Waals surface area contributed by atoms with E-state index in [0.29, 0.717) is 11.6 Å². The molecule has 0 saturated carbocycles. The molecule has 0 aliphatic carbocycles. The van der Waals surface area contributed by atoms with Gasteiger partial charge in [0.25, 0.3) is 0 Å². The van der Waals surface area contributed by atoms with E-state index in [0.717, 1.165) is 5.56 Å². The van der Waals surface area contributed by atoms with E-state index in [9.17, 15) is 4.91 Å². The standard InChI is InChI=1S/C11H13NO/c1-9(2)7-8-10-5-3-4-6-11(10)12-13/h3-9H,1-2H3/b8-7-. The van der Waals surface area contributed by atoms with Gasteiger partial charge in [-0.3, -0.25) is 0 Å². The maximum Gasteiger partial charge on any atom is 0.115 e. The smallest absolute Gasteiger partial charge is 0.115 e. The van der Waals surface area contributed by atoms with Gasteiger partial charge in [0, 0.05) is 5.56 Å². The van der Waals surface area contributed by atoms with Gasteiger partial charge < -0.3 is 0 Å². The van der Waals surface area contributed by atoms with Crippen LogP contribution in [0.5, 0.6) is 0 Å². The Bertz CT molecular complexity index is 316. The third-order valence-corrected chi connectivity index (χ3v) is 1.70. The summed E-state index contributed by atoms with van der Waals surface area (Å²) in [6.45, 7) is 4.18. The maximum absolute atomic E-state index is 10.4. The van der Waals surface area contributed by atoms with Crippen molar-refractivity contribution in [1.82, 2.24) is 0 Å². The summed E-state index contributed by atoms with van der Waals surface area (Å²) in [5, 5.41) is 2.95. The topological polar surface area (TPSA) is 29.4 Å². The van der Waals surface area contributed by atoms with Crippen molar-refractivity contribution in [3.05, 3.63) is 40.8 Å². The molecule has 68 valence electrons.